The third-order valence-corrected chi connectivity index (χ3v) is 6.86. The number of benzene rings is 2. The molecule has 0 amide bonds. The molecule has 5 rings (SSSR count). The van der Waals surface area contributed by atoms with E-state index >= 15 is 0 Å². The van der Waals surface area contributed by atoms with Crippen LogP contribution >= 0.6 is 0 Å². The van der Waals surface area contributed by atoms with Gasteiger partial charge in [-0.2, -0.15) is 4.73 Å². The van der Waals surface area contributed by atoms with Crippen LogP contribution in [0.3, 0.4) is 0 Å². The zero-order valence-corrected chi connectivity index (χ0v) is 18.7. The van der Waals surface area contributed by atoms with E-state index in [1.54, 1.807) is 0 Å². The number of likely N-dealkylation sites (tertiary alicyclic amines) is 1. The number of piperidine rings is 1. The van der Waals surface area contributed by atoms with E-state index in [4.69, 9.17) is 9.82 Å². The van der Waals surface area contributed by atoms with Crippen LogP contribution in [0.25, 0.3) is 22.4 Å². The summed E-state index contributed by atoms with van der Waals surface area (Å²) in [6.45, 7) is 8.40. The number of piperazine rings is 1. The van der Waals surface area contributed by atoms with Gasteiger partial charge in [0.1, 0.15) is 5.52 Å². The molecule has 0 saturated carbocycles. The number of fused-ring (bicyclic) bond motifs is 1. The molecule has 0 N–H and O–H groups in total. The van der Waals surface area contributed by atoms with Crippen LogP contribution in [0.1, 0.15) is 12.8 Å². The van der Waals surface area contributed by atoms with Gasteiger partial charge in [-0.15, -0.1) is 0 Å². The molecule has 2 aromatic carbocycles. The molecule has 2 aliphatic rings. The number of hydrogen-bond acceptors (Lipinski definition) is 6. The first-order valence-electron chi connectivity index (χ1n) is 11.6. The Labute approximate surface area is 189 Å². The van der Waals surface area contributed by atoms with Crippen molar-refractivity contribution >= 4 is 23.2 Å². The summed E-state index contributed by atoms with van der Waals surface area (Å²) in [4.78, 5) is 28.6. The van der Waals surface area contributed by atoms with Gasteiger partial charge in [-0.1, -0.05) is 24.3 Å². The van der Waals surface area contributed by atoms with Crippen LogP contribution in [0, 0.1) is 5.92 Å². The predicted octanol–water partition coefficient (Wildman–Crippen LogP) is 2.75. The summed E-state index contributed by atoms with van der Waals surface area (Å²) >= 11 is 0. The highest BCUT2D eigenvalue weighted by Gasteiger charge is 2.23. The number of carbonyl (C=O) groups is 1. The Hall–Kier alpha value is -2.90. The average Bonchev–Trinajstić information content (AvgIpc) is 3.20. The van der Waals surface area contributed by atoms with E-state index in [1.807, 2.05) is 30.3 Å². The number of imidazole rings is 1. The van der Waals surface area contributed by atoms with Gasteiger partial charge in [0.25, 0.3) is 0 Å². The fourth-order valence-electron chi connectivity index (χ4n) is 4.98. The second-order valence-corrected chi connectivity index (χ2v) is 9.00. The van der Waals surface area contributed by atoms with Crippen molar-refractivity contribution in [3.8, 4) is 11.4 Å². The fraction of sp³-hybridized carbons (Fsp3) is 0.440. The highest BCUT2D eigenvalue weighted by Crippen LogP contribution is 2.28. The van der Waals surface area contributed by atoms with Crippen molar-refractivity contribution in [2.24, 2.45) is 5.92 Å². The summed E-state index contributed by atoms with van der Waals surface area (Å²) in [5.74, 6) is 1.48. The molecule has 0 bridgehead atoms. The van der Waals surface area contributed by atoms with Crippen molar-refractivity contribution in [2.45, 2.75) is 12.8 Å². The molecule has 3 heterocycles. The largest absolute Gasteiger partial charge is 0.369 e. The number of para-hydroxylation sites is 2. The minimum atomic E-state index is 0.449. The monoisotopic (exact) mass is 433 g/mol. The molecule has 2 aliphatic heterocycles. The Morgan fingerprint density at radius 2 is 1.78 bits per heavy atom. The second kappa shape index (κ2) is 9.30. The summed E-state index contributed by atoms with van der Waals surface area (Å²) in [5.41, 5.74) is 3.71. The molecule has 2 fully saturated rings. The van der Waals surface area contributed by atoms with Crippen molar-refractivity contribution in [3.05, 3.63) is 48.5 Å². The molecule has 7 nitrogen and oxygen atoms in total. The van der Waals surface area contributed by atoms with Crippen LogP contribution in [0.4, 0.5) is 5.69 Å². The Balaban J connectivity index is 1.29. The molecule has 7 heteroatoms. The quantitative estimate of drug-likeness (QED) is 0.557. The molecule has 0 spiro atoms. The third-order valence-electron chi connectivity index (χ3n) is 6.86. The van der Waals surface area contributed by atoms with E-state index in [0.717, 1.165) is 48.7 Å². The molecule has 168 valence electrons. The van der Waals surface area contributed by atoms with E-state index in [9.17, 15) is 4.79 Å². The van der Waals surface area contributed by atoms with Gasteiger partial charge in [0.15, 0.2) is 5.82 Å². The fourth-order valence-corrected chi connectivity index (χ4v) is 4.98. The lowest BCUT2D eigenvalue weighted by molar-refractivity contribution is -0.128. The van der Waals surface area contributed by atoms with Gasteiger partial charge in [0.05, 0.1) is 5.52 Å². The number of anilines is 1. The summed E-state index contributed by atoms with van der Waals surface area (Å²) in [6.07, 6.45) is 2.64. The lowest BCUT2D eigenvalue weighted by Gasteiger charge is -2.39. The Morgan fingerprint density at radius 1 is 1.00 bits per heavy atom. The zero-order chi connectivity index (χ0) is 21.9. The first-order valence-corrected chi connectivity index (χ1v) is 11.6. The Morgan fingerprint density at radius 3 is 2.56 bits per heavy atom. The van der Waals surface area contributed by atoms with Crippen molar-refractivity contribution in [3.63, 3.8) is 0 Å². The van der Waals surface area contributed by atoms with Crippen molar-refractivity contribution < 1.29 is 9.63 Å². The summed E-state index contributed by atoms with van der Waals surface area (Å²) < 4.78 is 1.51. The average molecular weight is 434 g/mol. The van der Waals surface area contributed by atoms with Crippen molar-refractivity contribution in [1.29, 1.82) is 0 Å². The normalized spacial score (nSPS) is 18.8. The van der Waals surface area contributed by atoms with Crippen LogP contribution in [0.5, 0.6) is 0 Å². The predicted molar refractivity (Wildman–Crippen MR) is 127 cm³/mol. The van der Waals surface area contributed by atoms with Gasteiger partial charge >= 0.3 is 6.47 Å². The summed E-state index contributed by atoms with van der Waals surface area (Å²) in [7, 11) is 2.23. The van der Waals surface area contributed by atoms with Crippen LogP contribution < -0.4 is 9.74 Å². The molecule has 1 aromatic heterocycles. The SMILES string of the molecule is CN1CCC(CN2CCN(c3cccc(-c4nc5ccccc5n4OC=O)c3)CC2)CC1. The van der Waals surface area contributed by atoms with Gasteiger partial charge in [-0.05, 0) is 63.2 Å². The van der Waals surface area contributed by atoms with Crippen LogP contribution in [0.2, 0.25) is 0 Å². The molecule has 32 heavy (non-hydrogen) atoms. The highest BCUT2D eigenvalue weighted by atomic mass is 16.7. The molecule has 0 atom stereocenters. The van der Waals surface area contributed by atoms with Crippen LogP contribution in [-0.2, 0) is 4.79 Å². The van der Waals surface area contributed by atoms with E-state index in [1.165, 1.54) is 42.9 Å². The van der Waals surface area contributed by atoms with Gasteiger partial charge in [-0.25, -0.2) is 4.98 Å². The maximum absolute atomic E-state index is 11.1. The number of nitrogens with zero attached hydrogens (tertiary/aromatic N) is 5. The number of rotatable bonds is 6. The molecule has 0 radical (unpaired) electrons. The van der Waals surface area contributed by atoms with E-state index < -0.39 is 0 Å². The minimum absolute atomic E-state index is 0.449. The van der Waals surface area contributed by atoms with Gasteiger partial charge in [0.2, 0.25) is 0 Å². The Kier molecular flexibility index (Phi) is 6.10. The topological polar surface area (TPSA) is 53.8 Å². The molecular weight excluding hydrogens is 402 g/mol. The smallest absolute Gasteiger partial charge is 0.321 e. The second-order valence-electron chi connectivity index (χ2n) is 9.00. The van der Waals surface area contributed by atoms with Crippen molar-refractivity contribution in [1.82, 2.24) is 19.5 Å². The molecule has 2 saturated heterocycles. The summed E-state index contributed by atoms with van der Waals surface area (Å²) in [6, 6.07) is 16.1. The molecule has 0 aliphatic carbocycles. The maximum atomic E-state index is 11.1. The van der Waals surface area contributed by atoms with Crippen LogP contribution in [-0.4, -0.2) is 78.8 Å². The zero-order valence-electron chi connectivity index (χ0n) is 18.7. The third kappa shape index (κ3) is 4.36. The highest BCUT2D eigenvalue weighted by molar-refractivity contribution is 5.81. The molecular formula is C25H31N5O2. The lowest BCUT2D eigenvalue weighted by atomic mass is 9.96. The minimum Gasteiger partial charge on any atom is -0.369 e. The van der Waals surface area contributed by atoms with Crippen molar-refractivity contribution in [2.75, 3.05) is 57.8 Å². The van der Waals surface area contributed by atoms with Gasteiger partial charge in [0, 0.05) is 44.0 Å². The first-order chi connectivity index (χ1) is 15.7. The molecule has 3 aromatic rings. The van der Waals surface area contributed by atoms with Gasteiger partial charge in [-0.3, -0.25) is 9.69 Å². The van der Waals surface area contributed by atoms with E-state index in [0.29, 0.717) is 12.3 Å². The number of carbonyl (C=O) groups excluding carboxylic acids is 1. The standard InChI is InChI=1S/C25H31N5O2/c1-27-11-9-20(10-12-27)18-28-13-15-29(16-14-28)22-6-4-5-21(17-22)25-26-23-7-2-3-8-24(23)30(25)32-19-31/h2-8,17,19-20H,9-16,18H2,1H3. The van der Waals surface area contributed by atoms with E-state index in [-0.39, 0.29) is 0 Å². The lowest BCUT2D eigenvalue weighted by Crippen LogP contribution is -2.48. The maximum Gasteiger partial charge on any atom is 0.321 e. The van der Waals surface area contributed by atoms with E-state index in [2.05, 4.69) is 39.9 Å². The molecule has 0 unspecified atom stereocenters. The number of aromatic nitrogens is 2. The number of hydrogen-bond donors (Lipinski definition) is 0. The van der Waals surface area contributed by atoms with Gasteiger partial charge < -0.3 is 14.6 Å². The first kappa shape index (κ1) is 21.0. The summed E-state index contributed by atoms with van der Waals surface area (Å²) in [5, 5.41) is 0. The Bertz CT molecular complexity index is 1070. The van der Waals surface area contributed by atoms with Crippen LogP contribution in [0.15, 0.2) is 48.5 Å².